The number of nitrogens with zero attached hydrogens (tertiary/aromatic N) is 2. The number of hydrogen-bond acceptors (Lipinski definition) is 4. The summed E-state index contributed by atoms with van der Waals surface area (Å²) in [7, 11) is 0. The van der Waals surface area contributed by atoms with Crippen molar-refractivity contribution in [2.45, 2.75) is 31.1 Å². The smallest absolute Gasteiger partial charge is 0.310 e. The zero-order valence-corrected chi connectivity index (χ0v) is 8.90. The summed E-state index contributed by atoms with van der Waals surface area (Å²) < 4.78 is 26.0. The van der Waals surface area contributed by atoms with E-state index in [1.54, 1.807) is 0 Å². The summed E-state index contributed by atoms with van der Waals surface area (Å²) >= 11 is 0. The fourth-order valence-corrected chi connectivity index (χ4v) is 2.06. The number of nitro groups is 1. The maximum atomic E-state index is 13.0. The van der Waals surface area contributed by atoms with Crippen molar-refractivity contribution in [1.29, 1.82) is 0 Å². The molecule has 7 heteroatoms. The first kappa shape index (κ1) is 11.7. The number of pyridine rings is 1. The predicted octanol–water partition coefficient (Wildman–Crippen LogP) is 2.47. The third kappa shape index (κ3) is 2.32. The van der Waals surface area contributed by atoms with Gasteiger partial charge in [-0.25, -0.2) is 8.78 Å². The van der Waals surface area contributed by atoms with Gasteiger partial charge in [0, 0.05) is 24.5 Å². The van der Waals surface area contributed by atoms with Crippen LogP contribution in [0.2, 0.25) is 0 Å². The Morgan fingerprint density at radius 1 is 1.59 bits per heavy atom. The van der Waals surface area contributed by atoms with Crippen LogP contribution in [0.5, 0.6) is 0 Å². The van der Waals surface area contributed by atoms with Gasteiger partial charge in [-0.15, -0.1) is 0 Å². The normalized spacial score (nSPS) is 22.6. The van der Waals surface area contributed by atoms with Gasteiger partial charge in [0.25, 0.3) is 0 Å². The highest BCUT2D eigenvalue weighted by atomic mass is 19.3. The van der Waals surface area contributed by atoms with Gasteiger partial charge < -0.3 is 5.73 Å². The summed E-state index contributed by atoms with van der Waals surface area (Å²) in [6, 6.07) is 1.32. The van der Waals surface area contributed by atoms with E-state index in [0.29, 0.717) is 12.1 Å². The number of aromatic nitrogens is 1. The van der Waals surface area contributed by atoms with Crippen molar-refractivity contribution in [3.63, 3.8) is 0 Å². The first-order valence-corrected chi connectivity index (χ1v) is 5.17. The second-order valence-electron chi connectivity index (χ2n) is 4.22. The molecule has 5 nitrogen and oxygen atoms in total. The minimum absolute atomic E-state index is 0.0322. The Morgan fingerprint density at radius 2 is 2.29 bits per heavy atom. The van der Waals surface area contributed by atoms with E-state index in [2.05, 4.69) is 4.98 Å². The number of alkyl halides is 2. The number of rotatable bonds is 2. The summed E-state index contributed by atoms with van der Waals surface area (Å²) in [4.78, 5) is 13.7. The van der Waals surface area contributed by atoms with Crippen molar-refractivity contribution in [2.75, 3.05) is 5.73 Å². The SMILES string of the molecule is Nc1cc(C2CCC(F)(F)C2)ncc1[N+](=O)[O-]. The van der Waals surface area contributed by atoms with E-state index < -0.39 is 10.8 Å². The molecule has 1 aliphatic rings. The molecule has 2 N–H and O–H groups in total. The molecule has 0 aliphatic heterocycles. The van der Waals surface area contributed by atoms with Crippen molar-refractivity contribution in [1.82, 2.24) is 4.98 Å². The average molecular weight is 243 g/mol. The predicted molar refractivity (Wildman–Crippen MR) is 56.8 cm³/mol. The van der Waals surface area contributed by atoms with Gasteiger partial charge >= 0.3 is 5.69 Å². The maximum Gasteiger partial charge on any atom is 0.310 e. The Hall–Kier alpha value is -1.79. The molecule has 2 rings (SSSR count). The van der Waals surface area contributed by atoms with Gasteiger partial charge in [-0.3, -0.25) is 15.1 Å². The van der Waals surface area contributed by atoms with Gasteiger partial charge in [-0.1, -0.05) is 0 Å². The second-order valence-corrected chi connectivity index (χ2v) is 4.22. The number of nitrogen functional groups attached to an aromatic ring is 1. The molecule has 1 fully saturated rings. The standard InChI is InChI=1S/C10H11F2N3O2/c11-10(12)2-1-6(4-10)8-3-7(13)9(5-14-8)15(16)17/h3,5-6H,1-2,4H2,(H2,13,14). The van der Waals surface area contributed by atoms with Crippen LogP contribution in [0.4, 0.5) is 20.2 Å². The Bertz CT molecular complexity index is 465. The lowest BCUT2D eigenvalue weighted by Crippen LogP contribution is -2.10. The third-order valence-electron chi connectivity index (χ3n) is 2.95. The minimum atomic E-state index is -2.66. The molecule has 1 aliphatic carbocycles. The molecule has 0 saturated heterocycles. The average Bonchev–Trinajstić information content (AvgIpc) is 2.58. The molecule has 1 aromatic rings. The lowest BCUT2D eigenvalue weighted by molar-refractivity contribution is -0.384. The first-order valence-electron chi connectivity index (χ1n) is 5.17. The van der Waals surface area contributed by atoms with Crippen molar-refractivity contribution in [2.24, 2.45) is 0 Å². The van der Waals surface area contributed by atoms with Crippen molar-refractivity contribution < 1.29 is 13.7 Å². The molecule has 1 heterocycles. The molecular weight excluding hydrogens is 232 g/mol. The van der Waals surface area contributed by atoms with Crippen LogP contribution < -0.4 is 5.73 Å². The monoisotopic (exact) mass is 243 g/mol. The Balaban J connectivity index is 2.24. The highest BCUT2D eigenvalue weighted by Gasteiger charge is 2.40. The molecule has 0 radical (unpaired) electrons. The van der Waals surface area contributed by atoms with E-state index in [1.807, 2.05) is 0 Å². The third-order valence-corrected chi connectivity index (χ3v) is 2.95. The Labute approximate surface area is 95.8 Å². The molecule has 17 heavy (non-hydrogen) atoms. The Morgan fingerprint density at radius 3 is 2.76 bits per heavy atom. The number of nitrogens with two attached hydrogens (primary N) is 1. The lowest BCUT2D eigenvalue weighted by atomic mass is 10.0. The number of anilines is 1. The largest absolute Gasteiger partial charge is 0.393 e. The molecule has 92 valence electrons. The van der Waals surface area contributed by atoms with E-state index in [9.17, 15) is 18.9 Å². The van der Waals surface area contributed by atoms with E-state index >= 15 is 0 Å². The molecule has 1 unspecified atom stereocenters. The van der Waals surface area contributed by atoms with Crippen LogP contribution in [0.1, 0.15) is 30.9 Å². The van der Waals surface area contributed by atoms with Gasteiger partial charge in [-0.2, -0.15) is 0 Å². The topological polar surface area (TPSA) is 82.0 Å². The maximum absolute atomic E-state index is 13.0. The van der Waals surface area contributed by atoms with E-state index in [0.717, 1.165) is 6.20 Å². The highest BCUT2D eigenvalue weighted by Crippen LogP contribution is 2.44. The molecule has 1 saturated carbocycles. The van der Waals surface area contributed by atoms with Gasteiger partial charge in [-0.05, 0) is 12.5 Å². The zero-order valence-electron chi connectivity index (χ0n) is 8.90. The van der Waals surface area contributed by atoms with Crippen LogP contribution in [0, 0.1) is 10.1 Å². The summed E-state index contributed by atoms with van der Waals surface area (Å²) in [5, 5.41) is 10.5. The van der Waals surface area contributed by atoms with Crippen molar-refractivity contribution >= 4 is 11.4 Å². The Kier molecular flexibility index (Phi) is 2.68. The van der Waals surface area contributed by atoms with Gasteiger partial charge in [0.05, 0.1) is 4.92 Å². The zero-order chi connectivity index (χ0) is 12.6. The van der Waals surface area contributed by atoms with Crippen LogP contribution in [0.3, 0.4) is 0 Å². The molecule has 1 atom stereocenters. The minimum Gasteiger partial charge on any atom is -0.393 e. The highest BCUT2D eigenvalue weighted by molar-refractivity contribution is 5.57. The summed E-state index contributed by atoms with van der Waals surface area (Å²) in [6.45, 7) is 0. The molecular formula is C10H11F2N3O2. The fraction of sp³-hybridized carbons (Fsp3) is 0.500. The summed E-state index contributed by atoms with van der Waals surface area (Å²) in [5.74, 6) is -3.03. The molecule has 1 aromatic heterocycles. The molecule has 0 aromatic carbocycles. The molecule has 0 spiro atoms. The van der Waals surface area contributed by atoms with Crippen molar-refractivity contribution in [3.05, 3.63) is 28.1 Å². The molecule has 0 bridgehead atoms. The van der Waals surface area contributed by atoms with Gasteiger partial charge in [0.2, 0.25) is 5.92 Å². The lowest BCUT2D eigenvalue weighted by Gasteiger charge is -2.10. The fourth-order valence-electron chi connectivity index (χ4n) is 2.06. The van der Waals surface area contributed by atoms with E-state index in [-0.39, 0.29) is 30.1 Å². The second kappa shape index (κ2) is 3.90. The van der Waals surface area contributed by atoms with E-state index in [1.165, 1.54) is 6.07 Å². The van der Waals surface area contributed by atoms with Crippen LogP contribution in [0.25, 0.3) is 0 Å². The number of halogens is 2. The summed E-state index contributed by atoms with van der Waals surface area (Å²) in [5.41, 5.74) is 5.57. The van der Waals surface area contributed by atoms with Crippen LogP contribution in [0.15, 0.2) is 12.3 Å². The van der Waals surface area contributed by atoms with Crippen LogP contribution in [-0.2, 0) is 0 Å². The van der Waals surface area contributed by atoms with Gasteiger partial charge in [0.15, 0.2) is 0 Å². The van der Waals surface area contributed by atoms with Crippen molar-refractivity contribution in [3.8, 4) is 0 Å². The first-order chi connectivity index (χ1) is 7.89. The summed E-state index contributed by atoms with van der Waals surface area (Å²) in [6.07, 6.45) is 0.922. The quantitative estimate of drug-likeness (QED) is 0.639. The van der Waals surface area contributed by atoms with Crippen LogP contribution >= 0.6 is 0 Å². The number of hydrogen-bond donors (Lipinski definition) is 1. The van der Waals surface area contributed by atoms with Gasteiger partial charge in [0.1, 0.15) is 11.9 Å². The van der Waals surface area contributed by atoms with Crippen LogP contribution in [-0.4, -0.2) is 15.8 Å². The van der Waals surface area contributed by atoms with E-state index in [4.69, 9.17) is 5.73 Å². The molecule has 0 amide bonds.